The number of nitrogens with zero attached hydrogens (tertiary/aromatic N) is 2. The molecule has 2 aliphatic heterocycles. The third kappa shape index (κ3) is 2.46. The van der Waals surface area contributed by atoms with E-state index in [-0.39, 0.29) is 45.6 Å². The maximum atomic E-state index is 13.3. The number of carboxylic acids is 1. The summed E-state index contributed by atoms with van der Waals surface area (Å²) in [7, 11) is 0. The molecule has 2 aromatic heterocycles. The Morgan fingerprint density at radius 2 is 2.00 bits per heavy atom. The van der Waals surface area contributed by atoms with Crippen molar-refractivity contribution in [3.8, 4) is 0 Å². The number of carboxylic acid groups (broad SMARTS) is 1. The van der Waals surface area contributed by atoms with Crippen molar-refractivity contribution in [3.05, 3.63) is 44.6 Å². The van der Waals surface area contributed by atoms with Gasteiger partial charge in [-0.3, -0.25) is 24.3 Å². The number of aromatic nitrogens is 2. The fourth-order valence-corrected chi connectivity index (χ4v) is 9.35. The number of hydrogen-bond acceptors (Lipinski definition) is 7. The lowest BCUT2D eigenvalue weighted by Crippen LogP contribution is -2.44. The smallest absolute Gasteiger partial charge is 0.326 e. The van der Waals surface area contributed by atoms with Crippen LogP contribution in [0.2, 0.25) is 0 Å². The van der Waals surface area contributed by atoms with Crippen LogP contribution in [0.15, 0.2) is 34.3 Å². The second-order valence-electron chi connectivity index (χ2n) is 8.81. The number of aliphatic carboxylic acids is 1. The molecule has 2 saturated carbocycles. The monoisotopic (exact) mass is 457 g/mol. The summed E-state index contributed by atoms with van der Waals surface area (Å²) < 4.78 is 0. The number of rotatable bonds is 3. The number of nitrogens with one attached hydrogen (secondary N) is 1. The number of thiazole rings is 1. The topological polar surface area (TPSA) is 120 Å². The van der Waals surface area contributed by atoms with Crippen LogP contribution in [0.1, 0.15) is 29.7 Å². The number of H-pyrrole nitrogens is 1. The molecule has 1 saturated heterocycles. The van der Waals surface area contributed by atoms with Crippen molar-refractivity contribution < 1.29 is 19.5 Å². The van der Waals surface area contributed by atoms with Crippen LogP contribution < -0.4 is 4.87 Å². The molecule has 3 fully saturated rings. The maximum absolute atomic E-state index is 13.3. The van der Waals surface area contributed by atoms with Crippen LogP contribution in [0, 0.1) is 29.6 Å². The Morgan fingerprint density at radius 1 is 1.26 bits per heavy atom. The van der Waals surface area contributed by atoms with E-state index in [2.05, 4.69) is 9.97 Å². The van der Waals surface area contributed by atoms with Crippen LogP contribution in [0.4, 0.5) is 0 Å². The molecule has 4 aliphatic rings. The van der Waals surface area contributed by atoms with E-state index in [4.69, 9.17) is 0 Å². The molecule has 0 spiro atoms. The van der Waals surface area contributed by atoms with Gasteiger partial charge in [0.25, 0.3) is 0 Å². The number of likely N-dealkylation sites (tertiary alicyclic amines) is 1. The number of thioether (sulfide) groups is 1. The molecule has 2 amide bonds. The second kappa shape index (κ2) is 6.52. The van der Waals surface area contributed by atoms with Crippen LogP contribution in [0.5, 0.6) is 0 Å². The number of carbonyl (C=O) groups excluding carboxylic acids is 2. The standard InChI is InChI=1S/C21H19N3O5S2/c1-7(20(27)28)24-18(25)13-9-5-10(14(13)19(24)26)15-12(9)11(8-3-2-4-22-6-8)16-17(30-15)23-21(29)31-16/h2-4,6-7,9-15H,5H2,1H3,(H,23,29)(H,27,28)/t7-,9-,10-,11-,12-,13+,14-,15-/m1/s1. The first-order chi connectivity index (χ1) is 14.9. The van der Waals surface area contributed by atoms with Gasteiger partial charge in [-0.1, -0.05) is 17.4 Å². The van der Waals surface area contributed by atoms with E-state index in [1.807, 2.05) is 18.3 Å². The Labute approximate surface area is 185 Å². The van der Waals surface area contributed by atoms with Crippen LogP contribution in [0.3, 0.4) is 0 Å². The summed E-state index contributed by atoms with van der Waals surface area (Å²) in [6, 6.07) is 2.71. The highest BCUT2D eigenvalue weighted by Gasteiger charge is 2.70. The average Bonchev–Trinajstić information content (AvgIpc) is 3.47. The van der Waals surface area contributed by atoms with Crippen LogP contribution in [0.25, 0.3) is 0 Å². The number of aromatic amines is 1. The summed E-state index contributed by atoms with van der Waals surface area (Å²) in [5.41, 5.74) is 1.01. The number of fused-ring (bicyclic) bond motifs is 9. The number of carbonyl (C=O) groups is 3. The van der Waals surface area contributed by atoms with Crippen molar-refractivity contribution in [3.63, 3.8) is 0 Å². The first kappa shape index (κ1) is 19.2. The molecular formula is C21H19N3O5S2. The van der Waals surface area contributed by atoms with Gasteiger partial charge in [-0.2, -0.15) is 0 Å². The van der Waals surface area contributed by atoms with E-state index in [0.29, 0.717) is 0 Å². The molecule has 0 unspecified atom stereocenters. The van der Waals surface area contributed by atoms with Gasteiger partial charge < -0.3 is 10.1 Å². The van der Waals surface area contributed by atoms with Gasteiger partial charge in [0.1, 0.15) is 6.04 Å². The lowest BCUT2D eigenvalue weighted by atomic mass is 9.68. The van der Waals surface area contributed by atoms with Gasteiger partial charge in [0.15, 0.2) is 0 Å². The van der Waals surface area contributed by atoms with Crippen molar-refractivity contribution in [1.29, 1.82) is 0 Å². The highest BCUT2D eigenvalue weighted by Crippen LogP contribution is 2.68. The zero-order valence-electron chi connectivity index (χ0n) is 16.4. The van der Waals surface area contributed by atoms with Crippen LogP contribution in [-0.4, -0.2) is 49.0 Å². The fourth-order valence-electron chi connectivity index (χ4n) is 6.47. The minimum absolute atomic E-state index is 0.0110. The summed E-state index contributed by atoms with van der Waals surface area (Å²) in [6.45, 7) is 1.39. The van der Waals surface area contributed by atoms with Gasteiger partial charge in [0.2, 0.25) is 11.8 Å². The largest absolute Gasteiger partial charge is 0.480 e. The summed E-state index contributed by atoms with van der Waals surface area (Å²) in [5.74, 6) is -2.81. The fraction of sp³-hybridized carbons (Fsp3) is 0.476. The molecule has 8 atom stereocenters. The minimum Gasteiger partial charge on any atom is -0.480 e. The summed E-state index contributed by atoms with van der Waals surface area (Å²) in [5, 5.41) is 10.4. The Bertz CT molecular complexity index is 1180. The third-order valence-corrected chi connectivity index (χ3v) is 10.1. The van der Waals surface area contributed by atoms with E-state index in [1.165, 1.54) is 18.3 Å². The van der Waals surface area contributed by atoms with Gasteiger partial charge in [-0.25, -0.2) is 4.79 Å². The number of amides is 2. The van der Waals surface area contributed by atoms with E-state index < -0.39 is 23.8 Å². The predicted octanol–water partition coefficient (Wildman–Crippen LogP) is 1.78. The van der Waals surface area contributed by atoms with E-state index >= 15 is 0 Å². The lowest BCUT2D eigenvalue weighted by molar-refractivity contribution is -0.154. The summed E-state index contributed by atoms with van der Waals surface area (Å²) in [4.78, 5) is 59.2. The molecule has 31 heavy (non-hydrogen) atoms. The van der Waals surface area contributed by atoms with Crippen LogP contribution in [-0.2, 0) is 14.4 Å². The minimum atomic E-state index is -1.17. The Kier molecular flexibility index (Phi) is 4.05. The Hall–Kier alpha value is -2.46. The molecule has 6 rings (SSSR count). The highest BCUT2D eigenvalue weighted by atomic mass is 32.2. The molecule has 2 aliphatic carbocycles. The molecule has 2 aromatic rings. The van der Waals surface area contributed by atoms with Gasteiger partial charge in [0, 0.05) is 28.4 Å². The summed E-state index contributed by atoms with van der Waals surface area (Å²) in [6.07, 6.45) is 4.30. The van der Waals surface area contributed by atoms with E-state index in [0.717, 1.165) is 26.8 Å². The van der Waals surface area contributed by atoms with Crippen molar-refractivity contribution in [2.75, 3.05) is 0 Å². The first-order valence-electron chi connectivity index (χ1n) is 10.3. The van der Waals surface area contributed by atoms with Gasteiger partial charge in [-0.15, -0.1) is 11.8 Å². The highest BCUT2D eigenvalue weighted by molar-refractivity contribution is 8.00. The van der Waals surface area contributed by atoms with Crippen molar-refractivity contribution >= 4 is 40.9 Å². The Morgan fingerprint density at radius 3 is 2.68 bits per heavy atom. The number of hydrogen-bond donors (Lipinski definition) is 2. The van der Waals surface area contributed by atoms with Gasteiger partial charge in [0.05, 0.1) is 16.9 Å². The maximum Gasteiger partial charge on any atom is 0.326 e. The molecule has 10 heteroatoms. The van der Waals surface area contributed by atoms with Crippen molar-refractivity contribution in [1.82, 2.24) is 14.9 Å². The first-order valence-corrected chi connectivity index (χ1v) is 12.0. The number of pyridine rings is 1. The lowest BCUT2D eigenvalue weighted by Gasteiger charge is -2.42. The normalized spacial score (nSPS) is 36.3. The van der Waals surface area contributed by atoms with Crippen molar-refractivity contribution in [2.24, 2.45) is 29.6 Å². The zero-order chi connectivity index (χ0) is 21.6. The van der Waals surface area contributed by atoms with Crippen LogP contribution >= 0.6 is 23.1 Å². The summed E-state index contributed by atoms with van der Waals surface area (Å²) >= 11 is 2.82. The molecule has 160 valence electrons. The molecule has 2 bridgehead atoms. The van der Waals surface area contributed by atoms with E-state index in [1.54, 1.807) is 18.0 Å². The van der Waals surface area contributed by atoms with Gasteiger partial charge in [-0.05, 0) is 42.7 Å². The second-order valence-corrected chi connectivity index (χ2v) is 11.0. The molecule has 8 nitrogen and oxygen atoms in total. The van der Waals surface area contributed by atoms with Crippen molar-refractivity contribution in [2.45, 2.75) is 35.6 Å². The van der Waals surface area contributed by atoms with E-state index in [9.17, 15) is 24.3 Å². The molecule has 0 radical (unpaired) electrons. The Balaban J connectivity index is 1.46. The molecule has 4 heterocycles. The average molecular weight is 458 g/mol. The zero-order valence-corrected chi connectivity index (χ0v) is 18.1. The molecule has 0 aromatic carbocycles. The molecule has 2 N–H and O–H groups in total. The SMILES string of the molecule is C[C@H](C(=O)O)N1C(=O)[C@@H]2[C@H]3C[C@@H]([C@@H]2C1=O)[C@@H]1[C@@H](c2cccnc2)c2sc(=O)[nH]c2S[C@H]31. The van der Waals surface area contributed by atoms with Gasteiger partial charge >= 0.3 is 10.8 Å². The quantitative estimate of drug-likeness (QED) is 0.674. The number of imide groups is 1. The molecular weight excluding hydrogens is 438 g/mol. The predicted molar refractivity (Wildman–Crippen MR) is 112 cm³/mol. The third-order valence-electron chi connectivity index (χ3n) is 7.55.